The van der Waals surface area contributed by atoms with Gasteiger partial charge in [-0.05, 0) is 37.0 Å². The van der Waals surface area contributed by atoms with Crippen molar-refractivity contribution in [3.63, 3.8) is 0 Å². The van der Waals surface area contributed by atoms with Gasteiger partial charge in [-0.1, -0.05) is 17.8 Å². The van der Waals surface area contributed by atoms with Crippen LogP contribution in [0.5, 0.6) is 5.75 Å². The van der Waals surface area contributed by atoms with E-state index in [4.69, 9.17) is 4.74 Å². The molecule has 0 unspecified atom stereocenters. The maximum atomic E-state index is 11.9. The van der Waals surface area contributed by atoms with Gasteiger partial charge in [-0.25, -0.2) is 0 Å². The highest BCUT2D eigenvalue weighted by atomic mass is 32.2. The van der Waals surface area contributed by atoms with E-state index in [2.05, 4.69) is 16.0 Å². The quantitative estimate of drug-likeness (QED) is 0.779. The van der Waals surface area contributed by atoms with Crippen LogP contribution in [0.15, 0.2) is 34.3 Å². The molecule has 2 heterocycles. The SMILES string of the molecule is CCOc1c(C#N)cnc2ccc(C=C3SC(SC)=NC3=O)cc12. The van der Waals surface area contributed by atoms with Crippen LogP contribution in [0.25, 0.3) is 17.0 Å². The van der Waals surface area contributed by atoms with Crippen molar-refractivity contribution in [3.8, 4) is 11.8 Å². The van der Waals surface area contributed by atoms with Gasteiger partial charge < -0.3 is 4.74 Å². The van der Waals surface area contributed by atoms with Crippen LogP contribution in [0.2, 0.25) is 0 Å². The predicted molar refractivity (Wildman–Crippen MR) is 99.2 cm³/mol. The second-order valence-electron chi connectivity index (χ2n) is 4.82. The molecule has 1 aliphatic rings. The van der Waals surface area contributed by atoms with Crippen LogP contribution >= 0.6 is 23.5 Å². The van der Waals surface area contributed by atoms with Crippen molar-refractivity contribution in [2.24, 2.45) is 4.99 Å². The van der Waals surface area contributed by atoms with E-state index in [0.717, 1.165) is 20.8 Å². The van der Waals surface area contributed by atoms with Crippen LogP contribution in [-0.4, -0.2) is 28.1 Å². The molecule has 0 atom stereocenters. The molecule has 24 heavy (non-hydrogen) atoms. The summed E-state index contributed by atoms with van der Waals surface area (Å²) in [6.07, 6.45) is 5.20. The number of fused-ring (bicyclic) bond motifs is 1. The van der Waals surface area contributed by atoms with Crippen LogP contribution in [-0.2, 0) is 4.79 Å². The zero-order valence-electron chi connectivity index (χ0n) is 13.1. The lowest BCUT2D eigenvalue weighted by Gasteiger charge is -2.09. The molecule has 0 N–H and O–H groups in total. The van der Waals surface area contributed by atoms with E-state index in [0.29, 0.717) is 22.8 Å². The average molecular weight is 355 g/mol. The van der Waals surface area contributed by atoms with Gasteiger partial charge in [0.25, 0.3) is 5.91 Å². The summed E-state index contributed by atoms with van der Waals surface area (Å²) >= 11 is 2.82. The Kier molecular flexibility index (Phi) is 4.88. The molecule has 0 aliphatic carbocycles. The number of nitrogens with zero attached hydrogens (tertiary/aromatic N) is 3. The monoisotopic (exact) mass is 355 g/mol. The van der Waals surface area contributed by atoms with Gasteiger partial charge in [0.15, 0.2) is 0 Å². The molecule has 2 aromatic rings. The van der Waals surface area contributed by atoms with E-state index in [1.807, 2.05) is 31.4 Å². The Morgan fingerprint density at radius 3 is 2.96 bits per heavy atom. The molecular formula is C17H13N3O2S2. The Hall–Kier alpha value is -2.30. The number of pyridine rings is 1. The number of carbonyl (C=O) groups is 1. The van der Waals surface area contributed by atoms with Crippen molar-refractivity contribution in [2.75, 3.05) is 12.9 Å². The Morgan fingerprint density at radius 2 is 2.29 bits per heavy atom. The Labute approximate surface area is 147 Å². The first-order valence-electron chi connectivity index (χ1n) is 7.18. The second-order valence-corrected chi connectivity index (χ2v) is 6.90. The van der Waals surface area contributed by atoms with Crippen molar-refractivity contribution in [1.29, 1.82) is 5.26 Å². The normalized spacial score (nSPS) is 15.6. The van der Waals surface area contributed by atoms with Crippen molar-refractivity contribution in [3.05, 3.63) is 40.4 Å². The lowest BCUT2D eigenvalue weighted by atomic mass is 10.1. The molecule has 1 aliphatic heterocycles. The van der Waals surface area contributed by atoms with E-state index in [1.54, 1.807) is 6.08 Å². The highest BCUT2D eigenvalue weighted by molar-refractivity contribution is 8.40. The van der Waals surface area contributed by atoms with Crippen LogP contribution in [0, 0.1) is 11.3 Å². The van der Waals surface area contributed by atoms with Gasteiger partial charge in [-0.2, -0.15) is 10.3 Å². The minimum Gasteiger partial charge on any atom is -0.492 e. The lowest BCUT2D eigenvalue weighted by Crippen LogP contribution is -1.97. The molecule has 3 rings (SSSR count). The van der Waals surface area contributed by atoms with E-state index < -0.39 is 0 Å². The summed E-state index contributed by atoms with van der Waals surface area (Å²) in [6.45, 7) is 2.33. The van der Waals surface area contributed by atoms with E-state index in [-0.39, 0.29) is 5.91 Å². The average Bonchev–Trinajstić information content (AvgIpc) is 2.95. The molecule has 0 spiro atoms. The van der Waals surface area contributed by atoms with Crippen molar-refractivity contribution in [2.45, 2.75) is 6.92 Å². The van der Waals surface area contributed by atoms with Crippen LogP contribution in [0.1, 0.15) is 18.1 Å². The summed E-state index contributed by atoms with van der Waals surface area (Å²) in [5, 5.41) is 10.0. The zero-order valence-corrected chi connectivity index (χ0v) is 14.7. The third kappa shape index (κ3) is 3.16. The Morgan fingerprint density at radius 1 is 1.46 bits per heavy atom. The summed E-state index contributed by atoms with van der Waals surface area (Å²) < 4.78 is 6.39. The fourth-order valence-corrected chi connectivity index (χ4v) is 3.71. The first kappa shape index (κ1) is 16.6. The highest BCUT2D eigenvalue weighted by Gasteiger charge is 2.21. The third-order valence-electron chi connectivity index (χ3n) is 3.32. The summed E-state index contributed by atoms with van der Waals surface area (Å²) in [5.41, 5.74) is 1.98. The molecule has 0 saturated heterocycles. The number of nitriles is 1. The van der Waals surface area contributed by atoms with Crippen LogP contribution in [0.4, 0.5) is 0 Å². The molecule has 0 radical (unpaired) electrons. The summed E-state index contributed by atoms with van der Waals surface area (Å²) in [7, 11) is 0. The van der Waals surface area contributed by atoms with Gasteiger partial charge in [-0.3, -0.25) is 9.78 Å². The fraction of sp³-hybridized carbons (Fsp3) is 0.176. The van der Waals surface area contributed by atoms with E-state index in [1.165, 1.54) is 29.7 Å². The lowest BCUT2D eigenvalue weighted by molar-refractivity contribution is -0.113. The molecule has 1 aromatic heterocycles. The topological polar surface area (TPSA) is 75.3 Å². The van der Waals surface area contributed by atoms with Crippen molar-refractivity contribution in [1.82, 2.24) is 4.98 Å². The van der Waals surface area contributed by atoms with Gasteiger partial charge in [0.2, 0.25) is 0 Å². The Bertz CT molecular complexity index is 929. The highest BCUT2D eigenvalue weighted by Crippen LogP contribution is 2.34. The summed E-state index contributed by atoms with van der Waals surface area (Å²) in [4.78, 5) is 20.8. The molecule has 7 heteroatoms. The maximum absolute atomic E-state index is 11.9. The maximum Gasteiger partial charge on any atom is 0.285 e. The van der Waals surface area contributed by atoms with Gasteiger partial charge in [0.05, 0.1) is 17.0 Å². The van der Waals surface area contributed by atoms with Crippen LogP contribution < -0.4 is 4.74 Å². The number of hydrogen-bond donors (Lipinski definition) is 0. The zero-order chi connectivity index (χ0) is 17.1. The number of aromatic nitrogens is 1. The minimum absolute atomic E-state index is 0.224. The molecule has 0 bridgehead atoms. The first-order valence-corrected chi connectivity index (χ1v) is 9.22. The van der Waals surface area contributed by atoms with Gasteiger partial charge >= 0.3 is 0 Å². The number of thioether (sulfide) groups is 2. The van der Waals surface area contributed by atoms with Gasteiger partial charge in [-0.15, -0.1) is 11.8 Å². The number of ether oxygens (including phenoxy) is 1. The van der Waals surface area contributed by atoms with E-state index >= 15 is 0 Å². The molecule has 1 aromatic carbocycles. The molecule has 5 nitrogen and oxygen atoms in total. The number of benzene rings is 1. The van der Waals surface area contributed by atoms with E-state index in [9.17, 15) is 10.1 Å². The minimum atomic E-state index is -0.224. The van der Waals surface area contributed by atoms with Crippen LogP contribution in [0.3, 0.4) is 0 Å². The second kappa shape index (κ2) is 7.07. The first-order chi connectivity index (χ1) is 11.7. The molecule has 0 fully saturated rings. The number of aliphatic imine (C=N–C) groups is 1. The van der Waals surface area contributed by atoms with Crippen molar-refractivity contribution >= 4 is 50.8 Å². The van der Waals surface area contributed by atoms with Gasteiger partial charge in [0.1, 0.15) is 21.8 Å². The third-order valence-corrected chi connectivity index (χ3v) is 5.29. The summed E-state index contributed by atoms with van der Waals surface area (Å²) in [5.74, 6) is 0.301. The molecule has 0 saturated carbocycles. The van der Waals surface area contributed by atoms with Gasteiger partial charge in [0, 0.05) is 11.6 Å². The fourth-order valence-electron chi connectivity index (χ4n) is 2.28. The number of rotatable bonds is 3. The molecule has 120 valence electrons. The predicted octanol–water partition coefficient (Wildman–Crippen LogP) is 3.84. The number of carbonyl (C=O) groups excluding carboxylic acids is 1. The number of hydrogen-bond acceptors (Lipinski definition) is 6. The smallest absolute Gasteiger partial charge is 0.285 e. The summed E-state index contributed by atoms with van der Waals surface area (Å²) in [6, 6.07) is 7.72. The largest absolute Gasteiger partial charge is 0.492 e. The standard InChI is InChI=1S/C17H13N3O2S2/c1-3-22-15-11(8-18)9-19-13-5-4-10(6-12(13)15)7-14-16(21)20-17(23-2)24-14/h4-7,9H,3H2,1-2H3. The Balaban J connectivity index is 2.07. The van der Waals surface area contributed by atoms with Crippen molar-refractivity contribution < 1.29 is 9.53 Å². The molecule has 1 amide bonds. The number of amides is 1. The molecular weight excluding hydrogens is 342 g/mol.